The standard InChI is InChI=1S/C28H30N4O4/c33-26(30-36)10-6-19-5-8-23-20(17-19)7-9-25(23)31(15-16-32-27(34)11-12-28(32)35)14-13-21-18-29-24-4-2-1-3-22(21)24/h1-6,8,10-12,17-18,25,29,34-36H,7,9,13-16H2,(H,30,33). The highest BCUT2D eigenvalue weighted by atomic mass is 16.5. The molecular formula is C28H30N4O4. The molecule has 2 heterocycles. The van der Waals surface area contributed by atoms with Gasteiger partial charge in [0.15, 0.2) is 11.8 Å². The highest BCUT2D eigenvalue weighted by molar-refractivity contribution is 5.90. The van der Waals surface area contributed by atoms with E-state index in [0.717, 1.165) is 36.9 Å². The number of aromatic nitrogens is 2. The number of benzene rings is 2. The molecule has 1 aliphatic rings. The molecule has 5 rings (SSSR count). The van der Waals surface area contributed by atoms with Gasteiger partial charge < -0.3 is 15.2 Å². The van der Waals surface area contributed by atoms with E-state index in [0.29, 0.717) is 13.1 Å². The van der Waals surface area contributed by atoms with E-state index in [-0.39, 0.29) is 17.8 Å². The first-order valence-electron chi connectivity index (χ1n) is 12.1. The third-order valence-electron chi connectivity index (χ3n) is 7.08. The summed E-state index contributed by atoms with van der Waals surface area (Å²) in [5.74, 6) is -0.452. The Hall–Kier alpha value is -4.01. The third-order valence-corrected chi connectivity index (χ3v) is 7.08. The number of carbonyl (C=O) groups is 1. The average molecular weight is 487 g/mol. The van der Waals surface area contributed by atoms with Crippen LogP contribution in [0.5, 0.6) is 11.8 Å². The molecule has 0 spiro atoms. The molecule has 186 valence electrons. The maximum atomic E-state index is 11.3. The molecule has 2 aromatic carbocycles. The fourth-order valence-electron chi connectivity index (χ4n) is 5.24. The number of hydrogen-bond acceptors (Lipinski definition) is 5. The highest BCUT2D eigenvalue weighted by Crippen LogP contribution is 2.37. The van der Waals surface area contributed by atoms with E-state index in [4.69, 9.17) is 5.21 Å². The Morgan fingerprint density at radius 2 is 1.92 bits per heavy atom. The van der Waals surface area contributed by atoms with E-state index < -0.39 is 5.91 Å². The number of fused-ring (bicyclic) bond motifs is 2. The number of carbonyl (C=O) groups excluding carboxylic acids is 1. The summed E-state index contributed by atoms with van der Waals surface area (Å²) in [6.07, 6.45) is 7.84. The molecule has 5 N–H and O–H groups in total. The Balaban J connectivity index is 1.37. The third kappa shape index (κ3) is 4.86. The fraction of sp³-hybridized carbons (Fsp3) is 0.250. The van der Waals surface area contributed by atoms with Gasteiger partial charge in [0.05, 0.1) is 0 Å². The zero-order valence-electron chi connectivity index (χ0n) is 19.9. The molecule has 0 fully saturated rings. The summed E-state index contributed by atoms with van der Waals surface area (Å²) >= 11 is 0. The van der Waals surface area contributed by atoms with Crippen molar-refractivity contribution in [3.63, 3.8) is 0 Å². The predicted molar refractivity (Wildman–Crippen MR) is 138 cm³/mol. The van der Waals surface area contributed by atoms with Crippen molar-refractivity contribution < 1.29 is 20.2 Å². The average Bonchev–Trinajstić information content (AvgIpc) is 3.60. The quantitative estimate of drug-likeness (QED) is 0.139. The predicted octanol–water partition coefficient (Wildman–Crippen LogP) is 4.13. The van der Waals surface area contributed by atoms with Gasteiger partial charge in [-0.3, -0.25) is 19.5 Å². The van der Waals surface area contributed by atoms with Crippen LogP contribution in [0.15, 0.2) is 66.9 Å². The van der Waals surface area contributed by atoms with Gasteiger partial charge in [0, 0.05) is 61.0 Å². The maximum Gasteiger partial charge on any atom is 0.267 e. The van der Waals surface area contributed by atoms with E-state index in [1.165, 1.54) is 44.9 Å². The highest BCUT2D eigenvalue weighted by Gasteiger charge is 2.28. The number of para-hydroxylation sites is 1. The molecule has 0 aliphatic heterocycles. The van der Waals surface area contributed by atoms with Gasteiger partial charge >= 0.3 is 0 Å². The van der Waals surface area contributed by atoms with Gasteiger partial charge in [-0.25, -0.2) is 5.48 Å². The van der Waals surface area contributed by atoms with Gasteiger partial charge in [0.2, 0.25) is 0 Å². The SMILES string of the molecule is O=C(C=Cc1ccc2c(c1)CCC2N(CCc1c[nH]c2ccccc12)CCn1c(O)ccc1O)NO. The van der Waals surface area contributed by atoms with Gasteiger partial charge in [-0.2, -0.15) is 0 Å². The zero-order chi connectivity index (χ0) is 25.1. The van der Waals surface area contributed by atoms with Crippen molar-refractivity contribution in [2.75, 3.05) is 13.1 Å². The van der Waals surface area contributed by atoms with Crippen LogP contribution in [0.3, 0.4) is 0 Å². The summed E-state index contributed by atoms with van der Waals surface area (Å²) in [6.45, 7) is 1.97. The molecule has 2 aromatic heterocycles. The molecule has 4 aromatic rings. The number of nitrogens with zero attached hydrogens (tertiary/aromatic N) is 2. The number of aromatic hydroxyl groups is 2. The molecule has 36 heavy (non-hydrogen) atoms. The van der Waals surface area contributed by atoms with Crippen molar-refractivity contribution in [3.8, 4) is 11.8 Å². The first-order valence-corrected chi connectivity index (χ1v) is 12.1. The molecule has 0 saturated carbocycles. The lowest BCUT2D eigenvalue weighted by Gasteiger charge is -2.30. The van der Waals surface area contributed by atoms with Crippen LogP contribution in [-0.2, 0) is 24.2 Å². The van der Waals surface area contributed by atoms with E-state index in [1.807, 2.05) is 12.1 Å². The molecule has 0 saturated heterocycles. The van der Waals surface area contributed by atoms with Crippen LogP contribution < -0.4 is 5.48 Å². The molecule has 0 bridgehead atoms. The monoisotopic (exact) mass is 486 g/mol. The summed E-state index contributed by atoms with van der Waals surface area (Å²) in [6, 6.07) is 17.7. The molecule has 1 aliphatic carbocycles. The second-order valence-electron chi connectivity index (χ2n) is 9.17. The van der Waals surface area contributed by atoms with Crippen LogP contribution in [0.1, 0.15) is 34.7 Å². The zero-order valence-corrected chi connectivity index (χ0v) is 19.9. The summed E-state index contributed by atoms with van der Waals surface area (Å²) in [7, 11) is 0. The van der Waals surface area contributed by atoms with Crippen molar-refractivity contribution in [2.45, 2.75) is 31.8 Å². The van der Waals surface area contributed by atoms with Gasteiger partial charge in [-0.05, 0) is 53.7 Å². The summed E-state index contributed by atoms with van der Waals surface area (Å²) < 4.78 is 1.52. The van der Waals surface area contributed by atoms with Crippen molar-refractivity contribution in [2.24, 2.45) is 0 Å². The van der Waals surface area contributed by atoms with Crippen LogP contribution >= 0.6 is 0 Å². The van der Waals surface area contributed by atoms with E-state index in [9.17, 15) is 15.0 Å². The number of rotatable bonds is 9. The van der Waals surface area contributed by atoms with Crippen LogP contribution in [0, 0.1) is 0 Å². The Morgan fingerprint density at radius 3 is 2.72 bits per heavy atom. The molecule has 8 heteroatoms. The van der Waals surface area contributed by atoms with E-state index in [1.54, 1.807) is 11.6 Å². The van der Waals surface area contributed by atoms with Crippen molar-refractivity contribution in [1.82, 2.24) is 19.9 Å². The second-order valence-corrected chi connectivity index (χ2v) is 9.17. The van der Waals surface area contributed by atoms with E-state index >= 15 is 0 Å². The van der Waals surface area contributed by atoms with Gasteiger partial charge in [-0.15, -0.1) is 0 Å². The number of hydroxylamine groups is 1. The minimum atomic E-state index is -0.562. The van der Waals surface area contributed by atoms with E-state index in [2.05, 4.69) is 46.4 Å². The van der Waals surface area contributed by atoms with Crippen LogP contribution in [0.4, 0.5) is 0 Å². The normalized spacial score (nSPS) is 15.2. The Bertz CT molecular complexity index is 1380. The van der Waals surface area contributed by atoms with Crippen LogP contribution in [0.25, 0.3) is 17.0 Å². The van der Waals surface area contributed by atoms with Gasteiger partial charge in [0.1, 0.15) is 0 Å². The molecule has 0 radical (unpaired) electrons. The second kappa shape index (κ2) is 10.3. The Labute approximate surface area is 209 Å². The first kappa shape index (κ1) is 23.7. The first-order chi connectivity index (χ1) is 17.5. The number of nitrogens with one attached hydrogen (secondary N) is 2. The lowest BCUT2D eigenvalue weighted by atomic mass is 10.0. The van der Waals surface area contributed by atoms with Crippen molar-refractivity contribution >= 4 is 22.9 Å². The van der Waals surface area contributed by atoms with Gasteiger partial charge in [0.25, 0.3) is 5.91 Å². The number of aryl methyl sites for hydroxylation is 1. The lowest BCUT2D eigenvalue weighted by Crippen LogP contribution is -2.32. The molecular weight excluding hydrogens is 456 g/mol. The number of aromatic amines is 1. The number of hydrogen-bond donors (Lipinski definition) is 5. The summed E-state index contributed by atoms with van der Waals surface area (Å²) in [4.78, 5) is 17.1. The van der Waals surface area contributed by atoms with Crippen molar-refractivity contribution in [3.05, 3.63) is 89.1 Å². The summed E-state index contributed by atoms with van der Waals surface area (Å²) in [5.41, 5.74) is 7.42. The number of amides is 1. The smallest absolute Gasteiger partial charge is 0.267 e. The Kier molecular flexibility index (Phi) is 6.79. The number of H-pyrrole nitrogens is 1. The minimum absolute atomic E-state index is 0.0549. The van der Waals surface area contributed by atoms with Crippen molar-refractivity contribution in [1.29, 1.82) is 0 Å². The maximum absolute atomic E-state index is 11.3. The fourth-order valence-corrected chi connectivity index (χ4v) is 5.24. The van der Waals surface area contributed by atoms with Crippen LogP contribution in [0.2, 0.25) is 0 Å². The van der Waals surface area contributed by atoms with Crippen LogP contribution in [-0.4, -0.2) is 48.9 Å². The molecule has 1 amide bonds. The summed E-state index contributed by atoms with van der Waals surface area (Å²) in [5, 5.41) is 30.2. The molecule has 8 nitrogen and oxygen atoms in total. The molecule has 1 unspecified atom stereocenters. The lowest BCUT2D eigenvalue weighted by molar-refractivity contribution is -0.124. The minimum Gasteiger partial charge on any atom is -0.494 e. The van der Waals surface area contributed by atoms with Gasteiger partial charge in [-0.1, -0.05) is 36.4 Å². The Morgan fingerprint density at radius 1 is 1.11 bits per heavy atom. The largest absolute Gasteiger partial charge is 0.494 e. The topological polar surface area (TPSA) is 114 Å². The molecule has 1 atom stereocenters.